The first kappa shape index (κ1) is 11.5. The molecular weight excluding hydrogens is 244 g/mol. The number of nitrogens with one attached hydrogen (secondary N) is 1. The van der Waals surface area contributed by atoms with Crippen LogP contribution >= 0.6 is 15.9 Å². The molecule has 0 aliphatic rings. The van der Waals surface area contributed by atoms with E-state index in [9.17, 15) is 5.11 Å². The minimum atomic E-state index is -0.287. The second kappa shape index (κ2) is 5.98. The summed E-state index contributed by atoms with van der Waals surface area (Å²) in [6.07, 6.45) is 3.26. The molecule has 0 saturated carbocycles. The van der Waals surface area contributed by atoms with Crippen LogP contribution in [0.4, 0.5) is 5.82 Å². The van der Waals surface area contributed by atoms with Crippen molar-refractivity contribution in [3.63, 3.8) is 0 Å². The van der Waals surface area contributed by atoms with Gasteiger partial charge in [0.25, 0.3) is 0 Å². The molecule has 0 radical (unpaired) electrons. The predicted molar refractivity (Wildman–Crippen MR) is 61.3 cm³/mol. The van der Waals surface area contributed by atoms with E-state index >= 15 is 0 Å². The largest absolute Gasteiger partial charge is 0.391 e. The van der Waals surface area contributed by atoms with E-state index in [2.05, 4.69) is 33.2 Å². The van der Waals surface area contributed by atoms with Gasteiger partial charge in [0.15, 0.2) is 0 Å². The molecule has 4 heteroatoms. The summed E-state index contributed by atoms with van der Waals surface area (Å²) >= 11 is 3.31. The zero-order valence-electron chi connectivity index (χ0n) is 8.20. The number of hydrogen-bond acceptors (Lipinski definition) is 3. The highest BCUT2D eigenvalue weighted by Crippen LogP contribution is 2.10. The monoisotopic (exact) mass is 258 g/mol. The zero-order chi connectivity index (χ0) is 10.4. The highest BCUT2D eigenvalue weighted by Gasteiger charge is 2.01. The van der Waals surface area contributed by atoms with Crippen LogP contribution in [-0.4, -0.2) is 22.7 Å². The van der Waals surface area contributed by atoms with Gasteiger partial charge in [0.2, 0.25) is 0 Å². The number of aromatic nitrogens is 1. The van der Waals surface area contributed by atoms with Crippen LogP contribution in [0.2, 0.25) is 0 Å². The SMILES string of the molecule is CCC[C@H](O)CNc1ccc(Br)cn1. The molecule has 1 aromatic rings. The first-order valence-corrected chi connectivity index (χ1v) is 5.55. The van der Waals surface area contributed by atoms with Crippen LogP contribution in [0.1, 0.15) is 19.8 Å². The number of pyridine rings is 1. The van der Waals surface area contributed by atoms with E-state index in [0.717, 1.165) is 23.1 Å². The fraction of sp³-hybridized carbons (Fsp3) is 0.500. The molecule has 0 bridgehead atoms. The van der Waals surface area contributed by atoms with Gasteiger partial charge in [-0.25, -0.2) is 4.98 Å². The van der Waals surface area contributed by atoms with Crippen LogP contribution < -0.4 is 5.32 Å². The molecule has 0 aromatic carbocycles. The summed E-state index contributed by atoms with van der Waals surface area (Å²) in [5.41, 5.74) is 0. The molecule has 1 atom stereocenters. The van der Waals surface area contributed by atoms with E-state index in [1.54, 1.807) is 6.20 Å². The van der Waals surface area contributed by atoms with Crippen molar-refractivity contribution in [1.29, 1.82) is 0 Å². The van der Waals surface area contributed by atoms with Crippen LogP contribution in [0.3, 0.4) is 0 Å². The van der Waals surface area contributed by atoms with E-state index in [1.807, 2.05) is 12.1 Å². The topological polar surface area (TPSA) is 45.1 Å². The van der Waals surface area contributed by atoms with E-state index in [-0.39, 0.29) is 6.10 Å². The lowest BCUT2D eigenvalue weighted by molar-refractivity contribution is 0.176. The normalized spacial score (nSPS) is 12.5. The number of anilines is 1. The van der Waals surface area contributed by atoms with Crippen LogP contribution in [0.15, 0.2) is 22.8 Å². The summed E-state index contributed by atoms with van der Waals surface area (Å²) in [7, 11) is 0. The predicted octanol–water partition coefficient (Wildman–Crippen LogP) is 2.42. The van der Waals surface area contributed by atoms with Crippen molar-refractivity contribution in [3.05, 3.63) is 22.8 Å². The van der Waals surface area contributed by atoms with Crippen LogP contribution in [0, 0.1) is 0 Å². The maximum atomic E-state index is 9.47. The van der Waals surface area contributed by atoms with Gasteiger partial charge in [-0.1, -0.05) is 13.3 Å². The minimum Gasteiger partial charge on any atom is -0.391 e. The number of halogens is 1. The summed E-state index contributed by atoms with van der Waals surface area (Å²) < 4.78 is 0.956. The molecular formula is C10H15BrN2O. The Hall–Kier alpha value is -0.610. The third kappa shape index (κ3) is 4.07. The number of nitrogens with zero attached hydrogens (tertiary/aromatic N) is 1. The number of hydrogen-bond donors (Lipinski definition) is 2. The quantitative estimate of drug-likeness (QED) is 0.853. The van der Waals surface area contributed by atoms with E-state index in [1.165, 1.54) is 0 Å². The second-order valence-corrected chi connectivity index (χ2v) is 4.10. The van der Waals surface area contributed by atoms with Gasteiger partial charge in [0, 0.05) is 17.2 Å². The van der Waals surface area contributed by atoms with Gasteiger partial charge < -0.3 is 10.4 Å². The lowest BCUT2D eigenvalue weighted by Gasteiger charge is -2.10. The Labute approximate surface area is 92.7 Å². The van der Waals surface area contributed by atoms with Crippen molar-refractivity contribution in [2.75, 3.05) is 11.9 Å². The highest BCUT2D eigenvalue weighted by molar-refractivity contribution is 9.10. The molecule has 14 heavy (non-hydrogen) atoms. The van der Waals surface area contributed by atoms with Gasteiger partial charge in [-0.15, -0.1) is 0 Å². The van der Waals surface area contributed by atoms with Crippen molar-refractivity contribution < 1.29 is 5.11 Å². The highest BCUT2D eigenvalue weighted by atomic mass is 79.9. The first-order valence-electron chi connectivity index (χ1n) is 4.76. The minimum absolute atomic E-state index is 0.287. The third-order valence-electron chi connectivity index (χ3n) is 1.87. The smallest absolute Gasteiger partial charge is 0.126 e. The molecule has 0 unspecified atom stereocenters. The molecule has 1 aromatic heterocycles. The van der Waals surface area contributed by atoms with Gasteiger partial charge in [-0.05, 0) is 34.5 Å². The summed E-state index contributed by atoms with van der Waals surface area (Å²) in [4.78, 5) is 4.14. The number of rotatable bonds is 5. The number of aliphatic hydroxyl groups is 1. The molecule has 0 fully saturated rings. The van der Waals surface area contributed by atoms with Gasteiger partial charge in [-0.3, -0.25) is 0 Å². The standard InChI is InChI=1S/C10H15BrN2O/c1-2-3-9(14)7-13-10-5-4-8(11)6-12-10/h4-6,9,14H,2-3,7H2,1H3,(H,12,13)/t9-/m0/s1. The third-order valence-corrected chi connectivity index (χ3v) is 2.34. The van der Waals surface area contributed by atoms with Crippen LogP contribution in [0.25, 0.3) is 0 Å². The molecule has 0 aliphatic carbocycles. The summed E-state index contributed by atoms with van der Waals surface area (Å²) in [5.74, 6) is 0.795. The molecule has 1 heterocycles. The van der Waals surface area contributed by atoms with E-state index in [0.29, 0.717) is 6.54 Å². The number of aliphatic hydroxyl groups excluding tert-OH is 1. The molecule has 2 N–H and O–H groups in total. The van der Waals surface area contributed by atoms with Crippen molar-refractivity contribution in [3.8, 4) is 0 Å². The Morgan fingerprint density at radius 3 is 2.93 bits per heavy atom. The Morgan fingerprint density at radius 1 is 1.57 bits per heavy atom. The van der Waals surface area contributed by atoms with Gasteiger partial charge in [0.05, 0.1) is 6.10 Å². The molecule has 0 aliphatic heterocycles. The summed E-state index contributed by atoms with van der Waals surface area (Å²) in [6, 6.07) is 3.80. The molecule has 3 nitrogen and oxygen atoms in total. The van der Waals surface area contributed by atoms with Crippen LogP contribution in [-0.2, 0) is 0 Å². The molecule has 0 spiro atoms. The van der Waals surface area contributed by atoms with Crippen molar-refractivity contribution in [2.24, 2.45) is 0 Å². The molecule has 1 rings (SSSR count). The van der Waals surface area contributed by atoms with Crippen molar-refractivity contribution in [1.82, 2.24) is 4.98 Å². The Balaban J connectivity index is 2.34. The van der Waals surface area contributed by atoms with Gasteiger partial charge in [0.1, 0.15) is 5.82 Å². The van der Waals surface area contributed by atoms with E-state index < -0.39 is 0 Å². The average Bonchev–Trinajstić information content (AvgIpc) is 2.17. The molecule has 0 saturated heterocycles. The maximum absolute atomic E-state index is 9.47. The Morgan fingerprint density at radius 2 is 2.36 bits per heavy atom. The van der Waals surface area contributed by atoms with Gasteiger partial charge in [-0.2, -0.15) is 0 Å². The first-order chi connectivity index (χ1) is 6.72. The molecule has 78 valence electrons. The fourth-order valence-electron chi connectivity index (χ4n) is 1.14. The van der Waals surface area contributed by atoms with Crippen molar-refractivity contribution >= 4 is 21.7 Å². The van der Waals surface area contributed by atoms with Crippen LogP contribution in [0.5, 0.6) is 0 Å². The molecule has 0 amide bonds. The Kier molecular flexibility index (Phi) is 4.90. The second-order valence-electron chi connectivity index (χ2n) is 3.19. The summed E-state index contributed by atoms with van der Waals surface area (Å²) in [5, 5.41) is 12.5. The zero-order valence-corrected chi connectivity index (χ0v) is 9.79. The fourth-order valence-corrected chi connectivity index (χ4v) is 1.37. The van der Waals surface area contributed by atoms with Crippen molar-refractivity contribution in [2.45, 2.75) is 25.9 Å². The maximum Gasteiger partial charge on any atom is 0.126 e. The lowest BCUT2D eigenvalue weighted by Crippen LogP contribution is -2.19. The average molecular weight is 259 g/mol. The lowest BCUT2D eigenvalue weighted by atomic mass is 10.2. The Bertz CT molecular complexity index is 263. The van der Waals surface area contributed by atoms with Gasteiger partial charge >= 0.3 is 0 Å². The van der Waals surface area contributed by atoms with E-state index in [4.69, 9.17) is 0 Å². The summed E-state index contributed by atoms with van der Waals surface area (Å²) in [6.45, 7) is 2.61.